The third-order valence-electron chi connectivity index (χ3n) is 5.71. The van der Waals surface area contributed by atoms with Crippen molar-refractivity contribution in [2.45, 2.75) is 37.6 Å². The van der Waals surface area contributed by atoms with Crippen LogP contribution in [0.15, 0.2) is 29.1 Å². The average Bonchev–Trinajstić information content (AvgIpc) is 2.67. The summed E-state index contributed by atoms with van der Waals surface area (Å²) < 4.78 is 27.2. The van der Waals surface area contributed by atoms with Crippen LogP contribution in [0, 0.1) is 11.6 Å². The highest BCUT2D eigenvalue weighted by atomic mass is 35.5. The summed E-state index contributed by atoms with van der Waals surface area (Å²) in [6.45, 7) is 1.08. The summed E-state index contributed by atoms with van der Waals surface area (Å²) in [6.07, 6.45) is 3.12. The van der Waals surface area contributed by atoms with Crippen molar-refractivity contribution in [3.05, 3.63) is 51.4 Å². The number of H-pyrrole nitrogens is 1. The summed E-state index contributed by atoms with van der Waals surface area (Å²) in [4.78, 5) is 28.4. The van der Waals surface area contributed by atoms with Crippen molar-refractivity contribution in [1.29, 1.82) is 0 Å². The summed E-state index contributed by atoms with van der Waals surface area (Å²) in [5, 5.41) is 6.25. The second kappa shape index (κ2) is 7.16. The highest BCUT2D eigenvalue weighted by Crippen LogP contribution is 2.41. The highest BCUT2D eigenvalue weighted by Gasteiger charge is 2.45. The molecule has 2 fully saturated rings. The van der Waals surface area contributed by atoms with E-state index in [0.717, 1.165) is 25.0 Å². The zero-order valence-electron chi connectivity index (χ0n) is 15.1. The predicted molar refractivity (Wildman–Crippen MR) is 102 cm³/mol. The van der Waals surface area contributed by atoms with Gasteiger partial charge in [0.05, 0.1) is 5.54 Å². The number of nitrogens with zero attached hydrogens (tertiary/aromatic N) is 3. The number of anilines is 2. The van der Waals surface area contributed by atoms with Gasteiger partial charge >= 0.3 is 0 Å². The number of aromatic amines is 1. The maximum atomic E-state index is 13.8. The fraction of sp³-hybridized carbons (Fsp3) is 0.421. The largest absolute Gasteiger partial charge is 0.367 e. The lowest BCUT2D eigenvalue weighted by atomic mass is 9.77. The molecule has 0 saturated carbocycles. The van der Waals surface area contributed by atoms with Gasteiger partial charge in [0, 0.05) is 37.3 Å². The molecule has 3 heterocycles. The predicted octanol–water partition coefficient (Wildman–Crippen LogP) is 3.26. The molecule has 1 N–H and O–H groups in total. The molecule has 1 aromatic carbocycles. The van der Waals surface area contributed by atoms with Crippen LogP contribution in [-0.2, 0) is 4.79 Å². The quantitative estimate of drug-likeness (QED) is 0.828. The van der Waals surface area contributed by atoms with Crippen LogP contribution in [0.25, 0.3) is 0 Å². The summed E-state index contributed by atoms with van der Waals surface area (Å²) >= 11 is 5.90. The first-order chi connectivity index (χ1) is 13.4. The van der Waals surface area contributed by atoms with Crippen molar-refractivity contribution in [1.82, 2.24) is 10.2 Å². The van der Waals surface area contributed by atoms with Crippen LogP contribution >= 0.6 is 11.6 Å². The monoisotopic (exact) mass is 408 g/mol. The second-order valence-corrected chi connectivity index (χ2v) is 7.68. The summed E-state index contributed by atoms with van der Waals surface area (Å²) in [5.74, 6) is -2.00. The first kappa shape index (κ1) is 18.9. The minimum absolute atomic E-state index is 0.0875. The topological polar surface area (TPSA) is 69.3 Å². The molecule has 4 rings (SSSR count). The standard InChI is InChI=1S/C19H19ClF2N4O2/c20-16-11-15(18(28)24-23-16)25-8-6-19(7-9-25)5-1-2-17(27)26(19)12-3-4-13(21)14(22)10-12/h3-4,10-11H,1-2,5-9H2,(H,24,28). The number of hydrogen-bond donors (Lipinski definition) is 1. The first-order valence-corrected chi connectivity index (χ1v) is 9.56. The third-order valence-corrected chi connectivity index (χ3v) is 5.90. The number of carbonyl (C=O) groups excluding carboxylic acids is 1. The van der Waals surface area contributed by atoms with E-state index in [-0.39, 0.29) is 16.6 Å². The lowest BCUT2D eigenvalue weighted by Crippen LogP contribution is -2.60. The van der Waals surface area contributed by atoms with Gasteiger partial charge in [-0.15, -0.1) is 0 Å². The first-order valence-electron chi connectivity index (χ1n) is 9.18. The van der Waals surface area contributed by atoms with E-state index in [1.165, 1.54) is 12.1 Å². The molecular weight excluding hydrogens is 390 g/mol. The fourth-order valence-corrected chi connectivity index (χ4v) is 4.49. The summed E-state index contributed by atoms with van der Waals surface area (Å²) in [7, 11) is 0. The van der Waals surface area contributed by atoms with Gasteiger partial charge in [-0.25, -0.2) is 13.9 Å². The summed E-state index contributed by atoms with van der Waals surface area (Å²) in [5.41, 5.74) is 0.0235. The lowest BCUT2D eigenvalue weighted by molar-refractivity contribution is -0.121. The molecule has 9 heteroatoms. The van der Waals surface area contributed by atoms with Gasteiger partial charge in [-0.1, -0.05) is 11.6 Å². The third kappa shape index (κ3) is 3.26. The Morgan fingerprint density at radius 1 is 1.07 bits per heavy atom. The molecule has 1 aromatic heterocycles. The van der Waals surface area contributed by atoms with E-state index < -0.39 is 17.2 Å². The van der Waals surface area contributed by atoms with E-state index in [0.29, 0.717) is 43.7 Å². The molecule has 6 nitrogen and oxygen atoms in total. The highest BCUT2D eigenvalue weighted by molar-refractivity contribution is 6.29. The van der Waals surface area contributed by atoms with Crippen LogP contribution in [0.4, 0.5) is 20.2 Å². The average molecular weight is 409 g/mol. The lowest BCUT2D eigenvalue weighted by Gasteiger charge is -2.51. The van der Waals surface area contributed by atoms with Crippen LogP contribution in [0.2, 0.25) is 5.15 Å². The molecule has 0 radical (unpaired) electrons. The molecule has 0 bridgehead atoms. The minimum Gasteiger partial charge on any atom is -0.367 e. The Morgan fingerprint density at radius 3 is 2.54 bits per heavy atom. The maximum Gasteiger partial charge on any atom is 0.287 e. The molecule has 1 amide bonds. The van der Waals surface area contributed by atoms with Gasteiger partial charge in [0.15, 0.2) is 16.8 Å². The van der Waals surface area contributed by atoms with Crippen molar-refractivity contribution in [2.75, 3.05) is 22.9 Å². The number of hydrogen-bond acceptors (Lipinski definition) is 4. The molecule has 2 saturated heterocycles. The second-order valence-electron chi connectivity index (χ2n) is 7.30. The van der Waals surface area contributed by atoms with Crippen LogP contribution in [-0.4, -0.2) is 34.7 Å². The van der Waals surface area contributed by atoms with Gasteiger partial charge < -0.3 is 9.80 Å². The van der Waals surface area contributed by atoms with Crippen molar-refractivity contribution in [3.63, 3.8) is 0 Å². The molecule has 1 spiro atoms. The molecule has 0 aliphatic carbocycles. The molecule has 28 heavy (non-hydrogen) atoms. The Balaban J connectivity index is 1.63. The number of nitrogens with one attached hydrogen (secondary N) is 1. The number of rotatable bonds is 2. The Labute approximate surface area is 165 Å². The molecule has 0 atom stereocenters. The smallest absolute Gasteiger partial charge is 0.287 e. The minimum atomic E-state index is -0.971. The van der Waals surface area contributed by atoms with E-state index in [2.05, 4.69) is 10.2 Å². The van der Waals surface area contributed by atoms with Crippen molar-refractivity contribution in [3.8, 4) is 0 Å². The maximum absolute atomic E-state index is 13.8. The van der Waals surface area contributed by atoms with Crippen LogP contribution in [0.5, 0.6) is 0 Å². The van der Waals surface area contributed by atoms with E-state index in [9.17, 15) is 18.4 Å². The molecule has 0 unspecified atom stereocenters. The zero-order chi connectivity index (χ0) is 19.9. The van der Waals surface area contributed by atoms with E-state index in [4.69, 9.17) is 11.6 Å². The van der Waals surface area contributed by atoms with E-state index in [1.54, 1.807) is 4.90 Å². The Morgan fingerprint density at radius 2 is 1.82 bits per heavy atom. The van der Waals surface area contributed by atoms with Crippen molar-refractivity contribution in [2.24, 2.45) is 0 Å². The number of aromatic nitrogens is 2. The van der Waals surface area contributed by atoms with Crippen LogP contribution in [0.3, 0.4) is 0 Å². The van der Waals surface area contributed by atoms with Gasteiger partial charge in [0.2, 0.25) is 5.91 Å². The number of piperidine rings is 2. The number of amides is 1. The van der Waals surface area contributed by atoms with Gasteiger partial charge in [-0.05, 0) is 37.8 Å². The van der Waals surface area contributed by atoms with E-state index >= 15 is 0 Å². The van der Waals surface area contributed by atoms with Gasteiger partial charge in [0.25, 0.3) is 5.56 Å². The Kier molecular flexibility index (Phi) is 4.82. The Bertz CT molecular complexity index is 973. The van der Waals surface area contributed by atoms with Crippen LogP contribution < -0.4 is 15.4 Å². The van der Waals surface area contributed by atoms with Gasteiger partial charge in [-0.3, -0.25) is 9.59 Å². The fourth-order valence-electron chi connectivity index (χ4n) is 4.34. The normalized spacial score (nSPS) is 19.3. The Hall–Kier alpha value is -2.48. The van der Waals surface area contributed by atoms with Crippen molar-refractivity contribution >= 4 is 28.9 Å². The summed E-state index contributed by atoms with van der Waals surface area (Å²) in [6, 6.07) is 5.11. The number of benzene rings is 1. The molecule has 148 valence electrons. The zero-order valence-corrected chi connectivity index (χ0v) is 15.8. The molecule has 2 aromatic rings. The molecule has 2 aliphatic heterocycles. The van der Waals surface area contributed by atoms with E-state index in [1.807, 2.05) is 4.90 Å². The number of carbonyl (C=O) groups is 1. The van der Waals surface area contributed by atoms with Crippen LogP contribution in [0.1, 0.15) is 32.1 Å². The number of halogens is 3. The van der Waals surface area contributed by atoms with Gasteiger partial charge in [0.1, 0.15) is 5.69 Å². The van der Waals surface area contributed by atoms with Crippen molar-refractivity contribution < 1.29 is 13.6 Å². The SMILES string of the molecule is O=C1CCCC2(CCN(c3cc(Cl)n[nH]c3=O)CC2)N1c1ccc(F)c(F)c1. The molecular formula is C19H19ClF2N4O2. The van der Waals surface area contributed by atoms with Gasteiger partial charge in [-0.2, -0.15) is 5.10 Å². The molecule has 2 aliphatic rings.